The van der Waals surface area contributed by atoms with E-state index in [9.17, 15) is 5.11 Å². The predicted molar refractivity (Wildman–Crippen MR) is 56.4 cm³/mol. The van der Waals surface area contributed by atoms with Crippen LogP contribution in [0.25, 0.3) is 0 Å². The van der Waals surface area contributed by atoms with Gasteiger partial charge >= 0.3 is 0 Å². The lowest BCUT2D eigenvalue weighted by molar-refractivity contribution is 0.159. The molecule has 1 rings (SSSR count). The zero-order chi connectivity index (χ0) is 9.68. The fourth-order valence-electron chi connectivity index (χ4n) is 1.15. The third kappa shape index (κ3) is 3.44. The molecule has 1 N–H and O–H groups in total. The van der Waals surface area contributed by atoms with Gasteiger partial charge in [0, 0.05) is 0 Å². The Hall–Kier alpha value is -0.410. The first-order valence-corrected chi connectivity index (χ1v) is 5.34. The third-order valence-electron chi connectivity index (χ3n) is 1.91. The fourth-order valence-corrected chi connectivity index (χ4v) is 1.51. The molecule has 0 bridgehead atoms. The van der Waals surface area contributed by atoms with Gasteiger partial charge in [0.1, 0.15) is 4.60 Å². The molecule has 0 saturated heterocycles. The van der Waals surface area contributed by atoms with Crippen molar-refractivity contribution >= 4 is 15.9 Å². The monoisotopic (exact) mass is 243 g/mol. The van der Waals surface area contributed by atoms with Crippen LogP contribution in [0, 0.1) is 0 Å². The molecule has 0 unspecified atom stereocenters. The van der Waals surface area contributed by atoms with Crippen LogP contribution in [0.2, 0.25) is 0 Å². The molecular weight excluding hydrogens is 230 g/mol. The molecule has 0 fully saturated rings. The van der Waals surface area contributed by atoms with Gasteiger partial charge in [-0.05, 0) is 34.5 Å². The van der Waals surface area contributed by atoms with E-state index in [1.807, 2.05) is 18.2 Å². The number of aliphatic hydroxyl groups excluding tert-OH is 1. The Bertz CT molecular complexity index is 265. The summed E-state index contributed by atoms with van der Waals surface area (Å²) in [7, 11) is 0. The summed E-state index contributed by atoms with van der Waals surface area (Å²) in [5.41, 5.74) is 0.753. The Kier molecular flexibility index (Phi) is 4.39. The number of hydrogen-bond acceptors (Lipinski definition) is 2. The average molecular weight is 244 g/mol. The smallest absolute Gasteiger partial charge is 0.106 e. The normalized spacial score (nSPS) is 12.8. The predicted octanol–water partition coefficient (Wildman–Crippen LogP) is 3.07. The molecule has 0 aliphatic carbocycles. The summed E-state index contributed by atoms with van der Waals surface area (Å²) in [5, 5.41) is 9.69. The number of nitrogens with zero attached hydrogens (tertiary/aromatic N) is 1. The molecule has 0 aromatic carbocycles. The van der Waals surface area contributed by atoms with E-state index in [1.165, 1.54) is 0 Å². The first-order chi connectivity index (χ1) is 6.24. The number of pyridine rings is 1. The molecule has 0 radical (unpaired) electrons. The van der Waals surface area contributed by atoms with Crippen LogP contribution in [0.15, 0.2) is 22.8 Å². The molecule has 1 heterocycles. The van der Waals surface area contributed by atoms with Crippen molar-refractivity contribution in [2.45, 2.75) is 32.3 Å². The zero-order valence-electron chi connectivity index (χ0n) is 7.70. The van der Waals surface area contributed by atoms with Crippen LogP contribution in [0.5, 0.6) is 0 Å². The maximum atomic E-state index is 9.69. The SMILES string of the molecule is CCCC[C@@H](O)c1cccc(Br)n1. The molecule has 0 saturated carbocycles. The second-order valence-corrected chi connectivity index (χ2v) is 3.86. The van der Waals surface area contributed by atoms with E-state index in [0.717, 1.165) is 29.6 Å². The fraction of sp³-hybridized carbons (Fsp3) is 0.500. The minimum Gasteiger partial charge on any atom is -0.387 e. The highest BCUT2D eigenvalue weighted by Crippen LogP contribution is 2.18. The van der Waals surface area contributed by atoms with E-state index >= 15 is 0 Å². The van der Waals surface area contributed by atoms with Crippen molar-refractivity contribution in [3.05, 3.63) is 28.5 Å². The number of halogens is 1. The molecule has 0 aliphatic rings. The Balaban J connectivity index is 2.60. The summed E-state index contributed by atoms with van der Waals surface area (Å²) >= 11 is 3.28. The summed E-state index contributed by atoms with van der Waals surface area (Å²) < 4.78 is 0.778. The van der Waals surface area contributed by atoms with Crippen LogP contribution in [0.1, 0.15) is 38.0 Å². The number of rotatable bonds is 4. The van der Waals surface area contributed by atoms with Gasteiger partial charge in [-0.3, -0.25) is 0 Å². The molecule has 1 aromatic heterocycles. The van der Waals surface area contributed by atoms with Crippen LogP contribution >= 0.6 is 15.9 Å². The van der Waals surface area contributed by atoms with E-state index in [-0.39, 0.29) is 0 Å². The van der Waals surface area contributed by atoms with Crippen molar-refractivity contribution in [1.29, 1.82) is 0 Å². The lowest BCUT2D eigenvalue weighted by Crippen LogP contribution is -2.00. The number of unbranched alkanes of at least 4 members (excludes halogenated alkanes) is 1. The summed E-state index contributed by atoms with van der Waals surface area (Å²) in [6, 6.07) is 5.60. The summed E-state index contributed by atoms with van der Waals surface area (Å²) in [4.78, 5) is 4.19. The van der Waals surface area contributed by atoms with Crippen molar-refractivity contribution < 1.29 is 5.11 Å². The molecule has 3 heteroatoms. The maximum Gasteiger partial charge on any atom is 0.106 e. The zero-order valence-corrected chi connectivity index (χ0v) is 9.29. The second-order valence-electron chi connectivity index (χ2n) is 3.04. The van der Waals surface area contributed by atoms with Crippen LogP contribution in [-0.4, -0.2) is 10.1 Å². The standard InChI is InChI=1S/C10H14BrNO/c1-2-3-6-9(13)8-5-4-7-10(11)12-8/h4-5,7,9,13H,2-3,6H2,1H3/t9-/m1/s1. The first kappa shape index (κ1) is 10.7. The van der Waals surface area contributed by atoms with E-state index in [0.29, 0.717) is 0 Å². The van der Waals surface area contributed by atoms with Crippen molar-refractivity contribution in [1.82, 2.24) is 4.98 Å². The van der Waals surface area contributed by atoms with Crippen LogP contribution < -0.4 is 0 Å². The van der Waals surface area contributed by atoms with E-state index in [1.54, 1.807) is 0 Å². The average Bonchev–Trinajstić information content (AvgIpc) is 2.14. The molecule has 13 heavy (non-hydrogen) atoms. The molecule has 0 aliphatic heterocycles. The van der Waals surface area contributed by atoms with Gasteiger partial charge in [-0.1, -0.05) is 25.8 Å². The molecule has 72 valence electrons. The summed E-state index contributed by atoms with van der Waals surface area (Å²) in [5.74, 6) is 0. The molecular formula is C10H14BrNO. The lowest BCUT2D eigenvalue weighted by atomic mass is 10.1. The van der Waals surface area contributed by atoms with E-state index in [2.05, 4.69) is 27.8 Å². The van der Waals surface area contributed by atoms with Crippen molar-refractivity contribution in [2.24, 2.45) is 0 Å². The van der Waals surface area contributed by atoms with Crippen molar-refractivity contribution in [3.63, 3.8) is 0 Å². The molecule has 2 nitrogen and oxygen atoms in total. The molecule has 0 spiro atoms. The van der Waals surface area contributed by atoms with Gasteiger partial charge in [0.15, 0.2) is 0 Å². The van der Waals surface area contributed by atoms with Crippen LogP contribution in [-0.2, 0) is 0 Å². The maximum absolute atomic E-state index is 9.69. The number of hydrogen-bond donors (Lipinski definition) is 1. The highest BCUT2D eigenvalue weighted by atomic mass is 79.9. The van der Waals surface area contributed by atoms with Crippen molar-refractivity contribution in [2.75, 3.05) is 0 Å². The third-order valence-corrected chi connectivity index (χ3v) is 2.35. The topological polar surface area (TPSA) is 33.1 Å². The van der Waals surface area contributed by atoms with E-state index < -0.39 is 6.10 Å². The van der Waals surface area contributed by atoms with Gasteiger partial charge in [-0.2, -0.15) is 0 Å². The highest BCUT2D eigenvalue weighted by molar-refractivity contribution is 9.10. The summed E-state index contributed by atoms with van der Waals surface area (Å²) in [6.07, 6.45) is 2.51. The molecule has 1 atom stereocenters. The van der Waals surface area contributed by atoms with Gasteiger partial charge in [0.2, 0.25) is 0 Å². The van der Waals surface area contributed by atoms with Crippen LogP contribution in [0.3, 0.4) is 0 Å². The Labute approximate surface area is 87.1 Å². The first-order valence-electron chi connectivity index (χ1n) is 4.54. The minimum atomic E-state index is -0.419. The highest BCUT2D eigenvalue weighted by Gasteiger charge is 2.07. The summed E-state index contributed by atoms with van der Waals surface area (Å²) in [6.45, 7) is 2.11. The van der Waals surface area contributed by atoms with E-state index in [4.69, 9.17) is 0 Å². The second kappa shape index (κ2) is 5.35. The molecule has 0 amide bonds. The number of aromatic nitrogens is 1. The molecule has 1 aromatic rings. The Morgan fingerprint density at radius 2 is 2.31 bits per heavy atom. The Morgan fingerprint density at radius 3 is 2.92 bits per heavy atom. The van der Waals surface area contributed by atoms with Crippen LogP contribution in [0.4, 0.5) is 0 Å². The van der Waals surface area contributed by atoms with Crippen molar-refractivity contribution in [3.8, 4) is 0 Å². The number of aliphatic hydroxyl groups is 1. The van der Waals surface area contributed by atoms with Gasteiger partial charge in [0.05, 0.1) is 11.8 Å². The lowest BCUT2D eigenvalue weighted by Gasteiger charge is -2.08. The minimum absolute atomic E-state index is 0.419. The van der Waals surface area contributed by atoms with Gasteiger partial charge in [-0.15, -0.1) is 0 Å². The quantitative estimate of drug-likeness (QED) is 0.825. The van der Waals surface area contributed by atoms with Gasteiger partial charge < -0.3 is 5.11 Å². The largest absolute Gasteiger partial charge is 0.387 e. The van der Waals surface area contributed by atoms with Gasteiger partial charge in [0.25, 0.3) is 0 Å². The Morgan fingerprint density at radius 1 is 1.54 bits per heavy atom. The van der Waals surface area contributed by atoms with Gasteiger partial charge in [-0.25, -0.2) is 4.98 Å².